The van der Waals surface area contributed by atoms with Gasteiger partial charge in [0.2, 0.25) is 0 Å². The van der Waals surface area contributed by atoms with E-state index in [2.05, 4.69) is 26.7 Å². The number of para-hydroxylation sites is 1. The number of hydrogen-bond acceptors (Lipinski definition) is 6. The number of esters is 1. The Bertz CT molecular complexity index is 1240. The lowest BCUT2D eigenvalue weighted by atomic mass is 9.89. The number of furan rings is 1. The molecule has 176 valence electrons. The number of rotatable bonds is 8. The zero-order valence-electron chi connectivity index (χ0n) is 19.4. The zero-order chi connectivity index (χ0) is 23.3. The zero-order valence-corrected chi connectivity index (χ0v) is 19.4. The van der Waals surface area contributed by atoms with Crippen molar-refractivity contribution in [3.63, 3.8) is 0 Å². The fourth-order valence-corrected chi connectivity index (χ4v) is 4.80. The minimum Gasteiger partial charge on any atom is -0.491 e. The van der Waals surface area contributed by atoms with Crippen LogP contribution in [0.15, 0.2) is 71.8 Å². The maximum atomic E-state index is 11.9. The first-order chi connectivity index (χ1) is 16.7. The molecule has 0 saturated carbocycles. The summed E-state index contributed by atoms with van der Waals surface area (Å²) in [5.41, 5.74) is 4.01. The Morgan fingerprint density at radius 2 is 2.00 bits per heavy atom. The fourth-order valence-electron chi connectivity index (χ4n) is 4.80. The molecule has 1 aliphatic heterocycles. The predicted octanol–water partition coefficient (Wildman–Crippen LogP) is 4.72. The molecular weight excluding hydrogens is 430 g/mol. The average Bonchev–Trinajstić information content (AvgIpc) is 3.53. The van der Waals surface area contributed by atoms with Crippen molar-refractivity contribution in [2.45, 2.75) is 25.3 Å². The second-order valence-electron chi connectivity index (χ2n) is 8.67. The SMILES string of the molecule is COC(=O)c1ccccc1OCCN1CCC(c2cn(Cc3ccoc3)c3ncccc23)CC1. The number of fused-ring (bicyclic) bond motifs is 1. The number of benzene rings is 1. The molecule has 4 heterocycles. The van der Waals surface area contributed by atoms with Gasteiger partial charge in [-0.25, -0.2) is 9.78 Å². The van der Waals surface area contributed by atoms with Crippen molar-refractivity contribution >= 4 is 17.0 Å². The number of carbonyl (C=O) groups is 1. The highest BCUT2D eigenvalue weighted by atomic mass is 16.5. The van der Waals surface area contributed by atoms with Gasteiger partial charge in [-0.1, -0.05) is 12.1 Å². The van der Waals surface area contributed by atoms with Crippen LogP contribution in [0.2, 0.25) is 0 Å². The molecule has 5 rings (SSSR count). The number of aromatic nitrogens is 2. The first-order valence-electron chi connectivity index (χ1n) is 11.7. The summed E-state index contributed by atoms with van der Waals surface area (Å²) in [4.78, 5) is 19.0. The van der Waals surface area contributed by atoms with E-state index >= 15 is 0 Å². The van der Waals surface area contributed by atoms with Gasteiger partial charge in [-0.15, -0.1) is 0 Å². The minimum absolute atomic E-state index is 0.377. The van der Waals surface area contributed by atoms with Crippen molar-refractivity contribution in [1.29, 1.82) is 0 Å². The maximum absolute atomic E-state index is 11.9. The van der Waals surface area contributed by atoms with E-state index in [1.54, 1.807) is 18.6 Å². The summed E-state index contributed by atoms with van der Waals surface area (Å²) in [6, 6.07) is 13.4. The molecule has 7 heteroatoms. The Labute approximate surface area is 198 Å². The van der Waals surface area contributed by atoms with E-state index < -0.39 is 0 Å². The predicted molar refractivity (Wildman–Crippen MR) is 129 cm³/mol. The van der Waals surface area contributed by atoms with Gasteiger partial charge in [-0.05, 0) is 67.7 Å². The van der Waals surface area contributed by atoms with Crippen LogP contribution in [0, 0.1) is 0 Å². The number of hydrogen-bond donors (Lipinski definition) is 0. The highest BCUT2D eigenvalue weighted by Gasteiger charge is 2.24. The lowest BCUT2D eigenvalue weighted by Crippen LogP contribution is -2.35. The summed E-state index contributed by atoms with van der Waals surface area (Å²) in [7, 11) is 1.38. The number of carbonyl (C=O) groups excluding carboxylic acids is 1. The van der Waals surface area contributed by atoms with Crippen molar-refractivity contribution in [1.82, 2.24) is 14.5 Å². The molecule has 1 saturated heterocycles. The molecule has 1 aromatic carbocycles. The van der Waals surface area contributed by atoms with Crippen molar-refractivity contribution in [2.24, 2.45) is 0 Å². The standard InChI is InChI=1S/C27H29N3O4/c1-32-27(31)23-5-2-3-7-25(23)34-16-14-29-12-8-21(9-13-29)24-18-30(17-20-10-15-33-19-20)26-22(24)6-4-11-28-26/h2-7,10-11,15,18-19,21H,8-9,12-14,16-17H2,1H3. The van der Waals surface area contributed by atoms with Gasteiger partial charge in [0, 0.05) is 29.9 Å². The Kier molecular flexibility index (Phi) is 6.62. The van der Waals surface area contributed by atoms with Gasteiger partial charge in [-0.3, -0.25) is 4.90 Å². The van der Waals surface area contributed by atoms with Gasteiger partial charge in [0.15, 0.2) is 0 Å². The summed E-state index contributed by atoms with van der Waals surface area (Å²) >= 11 is 0. The third-order valence-corrected chi connectivity index (χ3v) is 6.58. The highest BCUT2D eigenvalue weighted by Crippen LogP contribution is 2.34. The third-order valence-electron chi connectivity index (χ3n) is 6.58. The van der Waals surface area contributed by atoms with Crippen molar-refractivity contribution < 1.29 is 18.7 Å². The van der Waals surface area contributed by atoms with Crippen LogP contribution in [0.1, 0.15) is 40.2 Å². The van der Waals surface area contributed by atoms with Crippen molar-refractivity contribution in [3.05, 3.63) is 84.1 Å². The van der Waals surface area contributed by atoms with Crippen molar-refractivity contribution in [2.75, 3.05) is 33.4 Å². The van der Waals surface area contributed by atoms with E-state index in [0.29, 0.717) is 23.8 Å². The van der Waals surface area contributed by atoms with Gasteiger partial charge < -0.3 is 18.5 Å². The van der Waals surface area contributed by atoms with Gasteiger partial charge in [-0.2, -0.15) is 0 Å². The Hall–Kier alpha value is -3.58. The van der Waals surface area contributed by atoms with E-state index in [-0.39, 0.29) is 5.97 Å². The number of nitrogens with zero attached hydrogens (tertiary/aromatic N) is 3. The minimum atomic E-state index is -0.377. The quantitative estimate of drug-likeness (QED) is 0.355. The largest absolute Gasteiger partial charge is 0.491 e. The monoisotopic (exact) mass is 459 g/mol. The smallest absolute Gasteiger partial charge is 0.341 e. The molecule has 7 nitrogen and oxygen atoms in total. The van der Waals surface area contributed by atoms with E-state index in [1.165, 1.54) is 18.1 Å². The molecule has 0 radical (unpaired) electrons. The highest BCUT2D eigenvalue weighted by molar-refractivity contribution is 5.92. The first kappa shape index (κ1) is 22.2. The van der Waals surface area contributed by atoms with Crippen LogP contribution in [0.3, 0.4) is 0 Å². The number of pyridine rings is 1. The molecule has 0 amide bonds. The fraction of sp³-hybridized carbons (Fsp3) is 0.333. The van der Waals surface area contributed by atoms with Crippen molar-refractivity contribution in [3.8, 4) is 5.75 Å². The molecular formula is C27H29N3O4. The van der Waals surface area contributed by atoms with Gasteiger partial charge >= 0.3 is 5.97 Å². The molecule has 4 aromatic rings. The first-order valence-corrected chi connectivity index (χ1v) is 11.7. The molecule has 0 bridgehead atoms. The Morgan fingerprint density at radius 3 is 2.79 bits per heavy atom. The van der Waals surface area contributed by atoms with Crippen LogP contribution in [0.25, 0.3) is 11.0 Å². The lowest BCUT2D eigenvalue weighted by molar-refractivity contribution is 0.0595. The third kappa shape index (κ3) is 4.70. The molecule has 0 N–H and O–H groups in total. The summed E-state index contributed by atoms with van der Waals surface area (Å²) in [6.45, 7) is 4.15. The molecule has 1 aliphatic rings. The Balaban J connectivity index is 1.20. The lowest BCUT2D eigenvalue weighted by Gasteiger charge is -2.31. The van der Waals surface area contributed by atoms with Crippen LogP contribution in [-0.4, -0.2) is 53.8 Å². The maximum Gasteiger partial charge on any atom is 0.341 e. The Morgan fingerprint density at radius 1 is 1.15 bits per heavy atom. The molecule has 34 heavy (non-hydrogen) atoms. The molecule has 0 atom stereocenters. The summed E-state index contributed by atoms with van der Waals surface area (Å²) in [6.07, 6.45) is 9.83. The second kappa shape index (κ2) is 10.1. The van der Waals surface area contributed by atoms with E-state index in [0.717, 1.165) is 50.2 Å². The van der Waals surface area contributed by atoms with E-state index in [9.17, 15) is 4.79 Å². The summed E-state index contributed by atoms with van der Waals surface area (Å²) in [5.74, 6) is 0.703. The van der Waals surface area contributed by atoms with Crippen LogP contribution >= 0.6 is 0 Å². The molecule has 1 fully saturated rings. The molecule has 0 spiro atoms. The van der Waals surface area contributed by atoms with E-state index in [4.69, 9.17) is 13.9 Å². The molecule has 0 aliphatic carbocycles. The molecule has 3 aromatic heterocycles. The second-order valence-corrected chi connectivity index (χ2v) is 8.67. The van der Waals surface area contributed by atoms with E-state index in [1.807, 2.05) is 36.5 Å². The summed E-state index contributed by atoms with van der Waals surface area (Å²) < 4.78 is 18.2. The van der Waals surface area contributed by atoms with Gasteiger partial charge in [0.05, 0.1) is 26.2 Å². The van der Waals surface area contributed by atoms with Crippen LogP contribution in [0.5, 0.6) is 5.75 Å². The number of piperidine rings is 1. The van der Waals surface area contributed by atoms with Crippen LogP contribution in [0.4, 0.5) is 0 Å². The van der Waals surface area contributed by atoms with Gasteiger partial charge in [0.1, 0.15) is 23.6 Å². The number of likely N-dealkylation sites (tertiary alicyclic amines) is 1. The average molecular weight is 460 g/mol. The van der Waals surface area contributed by atoms with Crippen LogP contribution in [-0.2, 0) is 11.3 Å². The normalized spacial score (nSPS) is 15.0. The van der Waals surface area contributed by atoms with Crippen LogP contribution < -0.4 is 4.74 Å². The summed E-state index contributed by atoms with van der Waals surface area (Å²) in [5, 5.41) is 1.24. The number of methoxy groups -OCH3 is 1. The van der Waals surface area contributed by atoms with Gasteiger partial charge in [0.25, 0.3) is 0 Å². The number of ether oxygens (including phenoxy) is 2. The topological polar surface area (TPSA) is 69.7 Å². The molecule has 0 unspecified atom stereocenters.